The van der Waals surface area contributed by atoms with Crippen LogP contribution in [0.25, 0.3) is 0 Å². The lowest BCUT2D eigenvalue weighted by Gasteiger charge is -2.16. The second kappa shape index (κ2) is 6.24. The molecule has 0 aliphatic heterocycles. The Hall–Kier alpha value is -1.57. The highest BCUT2D eigenvalue weighted by molar-refractivity contribution is 6.30. The van der Waals surface area contributed by atoms with Crippen LogP contribution >= 0.6 is 11.6 Å². The maximum absolute atomic E-state index is 13.6. The van der Waals surface area contributed by atoms with Crippen molar-refractivity contribution in [1.82, 2.24) is 5.32 Å². The third kappa shape index (κ3) is 3.45. The van der Waals surface area contributed by atoms with Crippen molar-refractivity contribution in [3.05, 3.63) is 34.6 Å². The van der Waals surface area contributed by atoms with Crippen molar-refractivity contribution in [2.45, 2.75) is 6.04 Å². The minimum Gasteiger partial charge on any atom is -0.468 e. The van der Waals surface area contributed by atoms with E-state index in [2.05, 4.69) is 16.0 Å². The molecule has 0 radical (unpaired) electrons. The number of ether oxygens (including phenoxy) is 1. The number of carbonyl (C=O) groups excluding carboxylic acids is 1. The van der Waals surface area contributed by atoms with Crippen LogP contribution in [0.2, 0.25) is 5.02 Å². The monoisotopic (exact) mass is 255 g/mol. The highest BCUT2D eigenvalue weighted by Gasteiger charge is 2.23. The van der Waals surface area contributed by atoms with Crippen LogP contribution < -0.4 is 5.32 Å². The van der Waals surface area contributed by atoms with Crippen LogP contribution in [0.3, 0.4) is 0 Å². The SMILES string of the molecule is C#CCNC(C(=O)OC)c1cc(Cl)ccc1F. The Bertz CT molecular complexity index is 456. The van der Waals surface area contributed by atoms with E-state index in [1.807, 2.05) is 0 Å². The average molecular weight is 256 g/mol. The maximum atomic E-state index is 13.6. The second-order valence-corrected chi connectivity index (χ2v) is 3.64. The second-order valence-electron chi connectivity index (χ2n) is 3.21. The predicted molar refractivity (Wildman–Crippen MR) is 63.0 cm³/mol. The summed E-state index contributed by atoms with van der Waals surface area (Å²) in [5.41, 5.74) is 0.111. The number of nitrogens with one attached hydrogen (secondary N) is 1. The molecule has 90 valence electrons. The van der Waals surface area contributed by atoms with Gasteiger partial charge in [-0.3, -0.25) is 5.32 Å². The number of halogens is 2. The van der Waals surface area contributed by atoms with Crippen molar-refractivity contribution >= 4 is 17.6 Å². The zero-order valence-corrected chi connectivity index (χ0v) is 9.92. The largest absolute Gasteiger partial charge is 0.468 e. The number of esters is 1. The molecule has 1 N–H and O–H groups in total. The van der Waals surface area contributed by atoms with E-state index in [1.54, 1.807) is 0 Å². The van der Waals surface area contributed by atoms with E-state index in [1.165, 1.54) is 25.3 Å². The van der Waals surface area contributed by atoms with Crippen LogP contribution in [-0.2, 0) is 9.53 Å². The Labute approximate surface area is 104 Å². The Balaban J connectivity index is 3.08. The fraction of sp³-hybridized carbons (Fsp3) is 0.250. The zero-order valence-electron chi connectivity index (χ0n) is 9.17. The lowest BCUT2D eigenvalue weighted by atomic mass is 10.1. The first kappa shape index (κ1) is 13.5. The van der Waals surface area contributed by atoms with E-state index >= 15 is 0 Å². The molecule has 0 saturated carbocycles. The van der Waals surface area contributed by atoms with E-state index in [0.29, 0.717) is 5.02 Å². The van der Waals surface area contributed by atoms with E-state index in [4.69, 9.17) is 18.0 Å². The Kier molecular flexibility index (Phi) is 4.95. The molecule has 1 unspecified atom stereocenters. The number of methoxy groups -OCH3 is 1. The third-order valence-corrected chi connectivity index (χ3v) is 2.35. The quantitative estimate of drug-likeness (QED) is 0.660. The third-order valence-electron chi connectivity index (χ3n) is 2.11. The molecule has 0 bridgehead atoms. The van der Waals surface area contributed by atoms with Crippen LogP contribution in [0.1, 0.15) is 11.6 Å². The standard InChI is InChI=1S/C12H11ClFNO2/c1-3-6-15-11(12(16)17-2)9-7-8(13)4-5-10(9)14/h1,4-5,7,11,15H,6H2,2H3. The number of terminal acetylenes is 1. The van der Waals surface area contributed by atoms with Gasteiger partial charge in [0.1, 0.15) is 11.9 Å². The normalized spacial score (nSPS) is 11.6. The predicted octanol–water partition coefficient (Wildman–Crippen LogP) is 1.92. The Morgan fingerprint density at radius 1 is 1.71 bits per heavy atom. The number of rotatable bonds is 4. The van der Waals surface area contributed by atoms with Gasteiger partial charge in [-0.2, -0.15) is 0 Å². The fourth-order valence-electron chi connectivity index (χ4n) is 1.33. The molecule has 0 heterocycles. The molecule has 0 fully saturated rings. The molecule has 3 nitrogen and oxygen atoms in total. The first-order chi connectivity index (χ1) is 8.10. The first-order valence-electron chi connectivity index (χ1n) is 4.79. The van der Waals surface area contributed by atoms with Gasteiger partial charge in [0.2, 0.25) is 0 Å². The molecule has 0 spiro atoms. The van der Waals surface area contributed by atoms with Crippen molar-refractivity contribution in [3.63, 3.8) is 0 Å². The van der Waals surface area contributed by atoms with Gasteiger partial charge in [-0.25, -0.2) is 9.18 Å². The highest BCUT2D eigenvalue weighted by Crippen LogP contribution is 2.22. The van der Waals surface area contributed by atoms with Gasteiger partial charge in [-0.15, -0.1) is 6.42 Å². The minimum atomic E-state index is -0.963. The number of benzene rings is 1. The molecule has 1 atom stereocenters. The lowest BCUT2D eigenvalue weighted by molar-refractivity contribution is -0.143. The van der Waals surface area contributed by atoms with Crippen molar-refractivity contribution in [1.29, 1.82) is 0 Å². The summed E-state index contributed by atoms with van der Waals surface area (Å²) >= 11 is 5.76. The van der Waals surface area contributed by atoms with Crippen LogP contribution in [-0.4, -0.2) is 19.6 Å². The van der Waals surface area contributed by atoms with Gasteiger partial charge < -0.3 is 4.74 Å². The average Bonchev–Trinajstić information content (AvgIpc) is 2.33. The molecule has 0 aliphatic carbocycles. The molecular weight excluding hydrogens is 245 g/mol. The van der Waals surface area contributed by atoms with Gasteiger partial charge in [0.25, 0.3) is 0 Å². The Morgan fingerprint density at radius 3 is 3.00 bits per heavy atom. The summed E-state index contributed by atoms with van der Waals surface area (Å²) in [6.07, 6.45) is 5.08. The van der Waals surface area contributed by atoms with Crippen molar-refractivity contribution < 1.29 is 13.9 Å². The summed E-state index contributed by atoms with van der Waals surface area (Å²) < 4.78 is 18.2. The summed E-state index contributed by atoms with van der Waals surface area (Å²) in [6, 6.07) is 2.98. The molecule has 0 aliphatic rings. The van der Waals surface area contributed by atoms with E-state index in [-0.39, 0.29) is 12.1 Å². The van der Waals surface area contributed by atoms with Gasteiger partial charge in [0.05, 0.1) is 13.7 Å². The summed E-state index contributed by atoms with van der Waals surface area (Å²) in [5, 5.41) is 3.03. The summed E-state index contributed by atoms with van der Waals surface area (Å²) in [4.78, 5) is 11.5. The maximum Gasteiger partial charge on any atom is 0.327 e. The minimum absolute atomic E-state index is 0.111. The highest BCUT2D eigenvalue weighted by atomic mass is 35.5. The molecule has 0 aromatic heterocycles. The molecule has 0 amide bonds. The van der Waals surface area contributed by atoms with Crippen LogP contribution in [0.15, 0.2) is 18.2 Å². The van der Waals surface area contributed by atoms with Crippen molar-refractivity contribution in [3.8, 4) is 12.3 Å². The van der Waals surface area contributed by atoms with Crippen LogP contribution in [0.5, 0.6) is 0 Å². The summed E-state index contributed by atoms with van der Waals surface area (Å²) in [6.45, 7) is 0.117. The zero-order chi connectivity index (χ0) is 12.8. The number of hydrogen-bond acceptors (Lipinski definition) is 3. The number of carbonyl (C=O) groups is 1. The first-order valence-corrected chi connectivity index (χ1v) is 5.17. The topological polar surface area (TPSA) is 38.3 Å². The molecule has 1 aromatic rings. The molecule has 17 heavy (non-hydrogen) atoms. The van der Waals surface area contributed by atoms with Gasteiger partial charge >= 0.3 is 5.97 Å². The molecule has 5 heteroatoms. The summed E-state index contributed by atoms with van der Waals surface area (Å²) in [5.74, 6) is 1.14. The van der Waals surface area contributed by atoms with Crippen molar-refractivity contribution in [2.75, 3.05) is 13.7 Å². The van der Waals surface area contributed by atoms with Gasteiger partial charge in [0.15, 0.2) is 0 Å². The molecule has 1 rings (SSSR count). The number of hydrogen-bond donors (Lipinski definition) is 1. The fourth-order valence-corrected chi connectivity index (χ4v) is 1.52. The molecule has 0 saturated heterocycles. The molecular formula is C12H11ClFNO2. The van der Waals surface area contributed by atoms with Crippen LogP contribution in [0, 0.1) is 18.2 Å². The smallest absolute Gasteiger partial charge is 0.327 e. The molecule has 1 aromatic carbocycles. The van der Waals surface area contributed by atoms with Crippen LogP contribution in [0.4, 0.5) is 4.39 Å². The van der Waals surface area contributed by atoms with E-state index in [9.17, 15) is 9.18 Å². The van der Waals surface area contributed by atoms with E-state index in [0.717, 1.165) is 0 Å². The van der Waals surface area contributed by atoms with Gasteiger partial charge in [0, 0.05) is 10.6 Å². The lowest BCUT2D eigenvalue weighted by Crippen LogP contribution is -2.30. The van der Waals surface area contributed by atoms with Gasteiger partial charge in [-0.1, -0.05) is 17.5 Å². The van der Waals surface area contributed by atoms with Gasteiger partial charge in [-0.05, 0) is 18.2 Å². The summed E-state index contributed by atoms with van der Waals surface area (Å²) in [7, 11) is 1.22. The van der Waals surface area contributed by atoms with E-state index < -0.39 is 17.8 Å². The Morgan fingerprint density at radius 2 is 2.41 bits per heavy atom. The van der Waals surface area contributed by atoms with Crippen molar-refractivity contribution in [2.24, 2.45) is 0 Å².